The molecule has 8 nitrogen and oxygen atoms in total. The summed E-state index contributed by atoms with van der Waals surface area (Å²) in [6.07, 6.45) is 1.52. The fraction of sp³-hybridized carbons (Fsp3) is 0.524. The number of nitrogens with zero attached hydrogens (tertiary/aromatic N) is 1. The Bertz CT molecular complexity index is 927. The maximum absolute atomic E-state index is 14.8. The van der Waals surface area contributed by atoms with Crippen LogP contribution in [0.4, 0.5) is 10.1 Å². The quantitative estimate of drug-likeness (QED) is 0.386. The van der Waals surface area contributed by atoms with Crippen molar-refractivity contribution >= 4 is 52.4 Å². The highest BCUT2D eigenvalue weighted by molar-refractivity contribution is 7.11. The Balaban J connectivity index is 2.42. The molecule has 1 aliphatic rings. The van der Waals surface area contributed by atoms with Gasteiger partial charge >= 0.3 is 11.9 Å². The summed E-state index contributed by atoms with van der Waals surface area (Å²) in [6.45, 7) is 3.08. The molecule has 1 heterocycles. The van der Waals surface area contributed by atoms with Gasteiger partial charge in [-0.25, -0.2) is 9.69 Å². The van der Waals surface area contributed by atoms with Gasteiger partial charge in [0.1, 0.15) is 12.3 Å². The number of amides is 2. The Labute approximate surface area is 194 Å². The second-order valence-corrected chi connectivity index (χ2v) is 8.33. The normalized spacial score (nSPS) is 13.7. The van der Waals surface area contributed by atoms with Crippen LogP contribution in [-0.2, 0) is 39.8 Å². The average Bonchev–Trinajstić information content (AvgIpc) is 3.01. The molecule has 0 unspecified atom stereocenters. The van der Waals surface area contributed by atoms with Gasteiger partial charge < -0.3 is 14.2 Å². The van der Waals surface area contributed by atoms with Crippen molar-refractivity contribution < 1.29 is 37.8 Å². The van der Waals surface area contributed by atoms with Crippen LogP contribution in [0.1, 0.15) is 44.4 Å². The van der Waals surface area contributed by atoms with E-state index in [-0.39, 0.29) is 53.7 Å². The van der Waals surface area contributed by atoms with Crippen LogP contribution < -0.4 is 4.90 Å². The lowest BCUT2D eigenvalue weighted by Gasteiger charge is -2.24. The van der Waals surface area contributed by atoms with Crippen LogP contribution >= 0.6 is 22.9 Å². The zero-order valence-electron chi connectivity index (χ0n) is 18.1. The van der Waals surface area contributed by atoms with Crippen LogP contribution in [0, 0.1) is 5.13 Å². The number of ether oxygens (including phenoxy) is 3. The van der Waals surface area contributed by atoms with E-state index in [1.54, 1.807) is 6.92 Å². The molecule has 0 saturated heterocycles. The highest BCUT2D eigenvalue weighted by atomic mass is 35.5. The molecule has 0 aliphatic heterocycles. The topological polar surface area (TPSA) is 99.2 Å². The van der Waals surface area contributed by atoms with Crippen molar-refractivity contribution in [1.29, 1.82) is 0 Å². The Morgan fingerprint density at radius 2 is 1.75 bits per heavy atom. The number of methoxy groups -OCH3 is 1. The summed E-state index contributed by atoms with van der Waals surface area (Å²) in [5, 5.41) is -1.11. The molecule has 1 aliphatic carbocycles. The lowest BCUT2D eigenvalue weighted by atomic mass is 9.90. The highest BCUT2D eigenvalue weighted by Gasteiger charge is 2.35. The Kier molecular flexibility index (Phi) is 9.80. The zero-order valence-corrected chi connectivity index (χ0v) is 19.7. The molecule has 1 aromatic heterocycles. The van der Waals surface area contributed by atoms with Gasteiger partial charge in [-0.15, -0.1) is 11.3 Å². The minimum atomic E-state index is -0.890. The Hall–Kier alpha value is -2.30. The monoisotopic (exact) mass is 489 g/mol. The van der Waals surface area contributed by atoms with Crippen molar-refractivity contribution in [2.24, 2.45) is 0 Å². The van der Waals surface area contributed by atoms with E-state index in [1.807, 2.05) is 0 Å². The fourth-order valence-electron chi connectivity index (χ4n) is 3.27. The largest absolute Gasteiger partial charge is 0.466 e. The van der Waals surface area contributed by atoms with Gasteiger partial charge in [-0.1, -0.05) is 11.6 Å². The molecular weight excluding hydrogens is 465 g/mol. The van der Waals surface area contributed by atoms with Crippen LogP contribution in [0.2, 0.25) is 5.02 Å². The number of hydrogen-bond donors (Lipinski definition) is 0. The molecule has 0 atom stereocenters. The summed E-state index contributed by atoms with van der Waals surface area (Å²) in [5.41, 5.74) is -0.191. The number of anilines is 1. The molecule has 176 valence electrons. The number of esters is 2. The van der Waals surface area contributed by atoms with Crippen molar-refractivity contribution in [1.82, 2.24) is 0 Å². The fourth-order valence-corrected chi connectivity index (χ4v) is 4.56. The summed E-state index contributed by atoms with van der Waals surface area (Å²) < 4.78 is 29.7. The first kappa shape index (κ1) is 26.0. The first-order valence-electron chi connectivity index (χ1n) is 10.1. The van der Waals surface area contributed by atoms with Gasteiger partial charge in [-0.2, -0.15) is 4.39 Å². The van der Waals surface area contributed by atoms with Crippen LogP contribution in [0.25, 0.3) is 0 Å². The lowest BCUT2D eigenvalue weighted by Crippen LogP contribution is -2.38. The number of imide groups is 1. The molecule has 0 saturated carbocycles. The number of carbonyl (C=O) groups is 4. The minimum Gasteiger partial charge on any atom is -0.466 e. The predicted octanol–water partition coefficient (Wildman–Crippen LogP) is 3.59. The molecule has 2 amide bonds. The first-order valence-corrected chi connectivity index (χ1v) is 11.3. The molecule has 0 fully saturated rings. The second-order valence-electron chi connectivity index (χ2n) is 6.90. The predicted molar refractivity (Wildman–Crippen MR) is 116 cm³/mol. The Morgan fingerprint density at radius 3 is 2.34 bits per heavy atom. The zero-order chi connectivity index (χ0) is 23.8. The van der Waals surface area contributed by atoms with Gasteiger partial charge in [0.15, 0.2) is 0 Å². The van der Waals surface area contributed by atoms with E-state index in [4.69, 9.17) is 25.8 Å². The molecule has 0 radical (unpaired) electrons. The van der Waals surface area contributed by atoms with Gasteiger partial charge in [0, 0.05) is 30.1 Å². The summed E-state index contributed by atoms with van der Waals surface area (Å²) in [6, 6.07) is 0. The van der Waals surface area contributed by atoms with Gasteiger partial charge in [0.2, 0.25) is 11.0 Å². The molecule has 11 heteroatoms. The van der Waals surface area contributed by atoms with E-state index in [1.165, 1.54) is 7.11 Å². The van der Waals surface area contributed by atoms with Crippen molar-refractivity contribution in [3.05, 3.63) is 26.2 Å². The number of halogens is 2. The third kappa shape index (κ3) is 6.14. The van der Waals surface area contributed by atoms with E-state index >= 15 is 0 Å². The maximum Gasteiger partial charge on any atom is 0.334 e. The standard InChI is InChI=1S/C21H25ClFNO7S/c1-4-30-16(26)11-15-17(22)18(19(23)32-15)24(12(2)25)20(27)13-7-5-6-8-14(13)21(28)31-10-9-29-3/h4-11H2,1-3H3. The maximum atomic E-state index is 14.8. The smallest absolute Gasteiger partial charge is 0.334 e. The molecule has 0 N–H and O–H groups in total. The van der Waals surface area contributed by atoms with Gasteiger partial charge in [0.05, 0.1) is 24.7 Å². The number of hydrogen-bond acceptors (Lipinski definition) is 8. The van der Waals surface area contributed by atoms with Gasteiger partial charge in [-0.05, 0) is 32.6 Å². The first-order chi connectivity index (χ1) is 15.2. The van der Waals surface area contributed by atoms with Crippen molar-refractivity contribution in [2.45, 2.75) is 46.0 Å². The lowest BCUT2D eigenvalue weighted by molar-refractivity contribution is -0.142. The highest BCUT2D eigenvalue weighted by Crippen LogP contribution is 2.41. The second kappa shape index (κ2) is 12.1. The van der Waals surface area contributed by atoms with Gasteiger partial charge in [0.25, 0.3) is 5.91 Å². The van der Waals surface area contributed by atoms with Gasteiger partial charge in [-0.3, -0.25) is 14.4 Å². The van der Waals surface area contributed by atoms with E-state index in [2.05, 4.69) is 0 Å². The minimum absolute atomic E-state index is 0.0128. The summed E-state index contributed by atoms with van der Waals surface area (Å²) in [7, 11) is 1.46. The van der Waals surface area contributed by atoms with Crippen LogP contribution in [-0.4, -0.2) is 50.7 Å². The van der Waals surface area contributed by atoms with Crippen molar-refractivity contribution in [2.75, 3.05) is 31.8 Å². The molecular formula is C21H25ClFNO7S. The van der Waals surface area contributed by atoms with Crippen LogP contribution in [0.3, 0.4) is 0 Å². The van der Waals surface area contributed by atoms with E-state index < -0.39 is 34.6 Å². The molecule has 0 aromatic carbocycles. The van der Waals surface area contributed by atoms with E-state index in [0.717, 1.165) is 6.92 Å². The van der Waals surface area contributed by atoms with Crippen LogP contribution in [0.5, 0.6) is 0 Å². The number of rotatable bonds is 9. The molecule has 1 aromatic rings. The summed E-state index contributed by atoms with van der Waals surface area (Å²) >= 11 is 6.83. The van der Waals surface area contributed by atoms with Crippen molar-refractivity contribution in [3.63, 3.8) is 0 Å². The number of carbonyl (C=O) groups excluding carboxylic acids is 4. The third-order valence-corrected chi connectivity index (χ3v) is 6.18. The van der Waals surface area contributed by atoms with E-state index in [0.29, 0.717) is 35.5 Å². The average molecular weight is 490 g/mol. The molecule has 0 spiro atoms. The Morgan fingerprint density at radius 1 is 1.09 bits per heavy atom. The SMILES string of the molecule is CCOC(=O)Cc1sc(F)c(N(C(C)=O)C(=O)C2=C(C(=O)OCCOC)CCCC2)c1Cl. The van der Waals surface area contributed by atoms with Crippen molar-refractivity contribution in [3.8, 4) is 0 Å². The summed E-state index contributed by atoms with van der Waals surface area (Å²) in [4.78, 5) is 50.7. The molecule has 32 heavy (non-hydrogen) atoms. The van der Waals surface area contributed by atoms with E-state index in [9.17, 15) is 23.6 Å². The van der Waals surface area contributed by atoms with Crippen LogP contribution in [0.15, 0.2) is 11.1 Å². The molecule has 0 bridgehead atoms. The summed E-state index contributed by atoms with van der Waals surface area (Å²) in [5.74, 6) is -2.90. The third-order valence-electron chi connectivity index (χ3n) is 4.70. The number of thiophene rings is 1. The molecule has 2 rings (SSSR count).